The smallest absolute Gasteiger partial charge is 0.311 e. The molecule has 0 N–H and O–H groups in total. The van der Waals surface area contributed by atoms with Crippen LogP contribution in [-0.2, 0) is 28.5 Å². The molecule has 4 atom stereocenters. The van der Waals surface area contributed by atoms with Gasteiger partial charge in [0.25, 0.3) is 0 Å². The lowest BCUT2D eigenvalue weighted by Gasteiger charge is -2.57. The van der Waals surface area contributed by atoms with E-state index in [1.165, 1.54) is 7.11 Å². The fourth-order valence-electron chi connectivity index (χ4n) is 5.00. The van der Waals surface area contributed by atoms with E-state index in [1.807, 2.05) is 0 Å². The normalized spacial score (nSPS) is 39.2. The Kier molecular flexibility index (Phi) is 4.97. The first-order chi connectivity index (χ1) is 11.1. The highest BCUT2D eigenvalue weighted by atomic mass is 16.7. The zero-order chi connectivity index (χ0) is 16.5. The molecule has 0 bridgehead atoms. The summed E-state index contributed by atoms with van der Waals surface area (Å²) in [6.45, 7) is 3.67. The summed E-state index contributed by atoms with van der Waals surface area (Å²) in [6.07, 6.45) is 4.39. The molecule has 6 nitrogen and oxygen atoms in total. The average Bonchev–Trinajstić information content (AvgIpc) is 3.03. The van der Waals surface area contributed by atoms with Crippen LogP contribution in [0.5, 0.6) is 0 Å². The largest absolute Gasteiger partial charge is 0.469 e. The molecular weight excluding hydrogens is 300 g/mol. The summed E-state index contributed by atoms with van der Waals surface area (Å²) in [5.74, 6) is -0.901. The van der Waals surface area contributed by atoms with E-state index in [0.29, 0.717) is 13.2 Å². The van der Waals surface area contributed by atoms with Crippen molar-refractivity contribution in [2.45, 2.75) is 50.9 Å². The predicted molar refractivity (Wildman–Crippen MR) is 81.6 cm³/mol. The van der Waals surface area contributed by atoms with E-state index in [1.54, 1.807) is 7.11 Å². The highest BCUT2D eigenvalue weighted by Gasteiger charge is 2.64. The quantitative estimate of drug-likeness (QED) is 0.582. The molecule has 2 saturated carbocycles. The van der Waals surface area contributed by atoms with Crippen molar-refractivity contribution in [1.82, 2.24) is 0 Å². The van der Waals surface area contributed by atoms with Crippen molar-refractivity contribution in [2.75, 3.05) is 34.2 Å². The summed E-state index contributed by atoms with van der Waals surface area (Å²) in [6, 6.07) is 0. The van der Waals surface area contributed by atoms with Gasteiger partial charge in [0, 0.05) is 18.9 Å². The van der Waals surface area contributed by atoms with Crippen LogP contribution < -0.4 is 0 Å². The molecule has 0 amide bonds. The summed E-state index contributed by atoms with van der Waals surface area (Å²) in [5.41, 5.74) is -0.187. The van der Waals surface area contributed by atoms with E-state index in [2.05, 4.69) is 6.92 Å². The lowest BCUT2D eigenvalue weighted by Crippen LogP contribution is -2.61. The zero-order valence-corrected chi connectivity index (χ0v) is 14.3. The first kappa shape index (κ1) is 17.1. The summed E-state index contributed by atoms with van der Waals surface area (Å²) < 4.78 is 28.1. The van der Waals surface area contributed by atoms with Gasteiger partial charge >= 0.3 is 5.97 Å². The van der Waals surface area contributed by atoms with Crippen LogP contribution in [0, 0.1) is 17.3 Å². The van der Waals surface area contributed by atoms with Gasteiger partial charge in [0.2, 0.25) is 0 Å². The Morgan fingerprint density at radius 2 is 1.91 bits per heavy atom. The van der Waals surface area contributed by atoms with Crippen LogP contribution in [0.1, 0.15) is 39.0 Å². The van der Waals surface area contributed by atoms with Gasteiger partial charge in [-0.25, -0.2) is 0 Å². The molecule has 132 valence electrons. The number of fused-ring (bicyclic) bond motifs is 2. The van der Waals surface area contributed by atoms with E-state index < -0.39 is 5.79 Å². The van der Waals surface area contributed by atoms with Gasteiger partial charge < -0.3 is 23.7 Å². The molecule has 3 fully saturated rings. The van der Waals surface area contributed by atoms with Gasteiger partial charge in [0.05, 0.1) is 32.3 Å². The van der Waals surface area contributed by atoms with Crippen molar-refractivity contribution in [2.24, 2.45) is 17.3 Å². The van der Waals surface area contributed by atoms with Crippen LogP contribution in [-0.4, -0.2) is 52.1 Å². The van der Waals surface area contributed by atoms with Gasteiger partial charge in [-0.2, -0.15) is 0 Å². The van der Waals surface area contributed by atoms with Gasteiger partial charge in [-0.15, -0.1) is 0 Å². The minimum Gasteiger partial charge on any atom is -0.469 e. The molecule has 2 aliphatic carbocycles. The van der Waals surface area contributed by atoms with Crippen LogP contribution in [0.25, 0.3) is 0 Å². The molecule has 1 spiro atoms. The highest BCUT2D eigenvalue weighted by Crippen LogP contribution is 2.60. The second kappa shape index (κ2) is 6.67. The number of hydrogen-bond donors (Lipinski definition) is 0. The maximum atomic E-state index is 12.5. The first-order valence-corrected chi connectivity index (χ1v) is 8.54. The topological polar surface area (TPSA) is 63.2 Å². The monoisotopic (exact) mass is 328 g/mol. The van der Waals surface area contributed by atoms with E-state index in [9.17, 15) is 4.79 Å². The third-order valence-electron chi connectivity index (χ3n) is 6.12. The summed E-state index contributed by atoms with van der Waals surface area (Å²) in [4.78, 5) is 12.5. The number of carbonyl (C=O) groups is 1. The Morgan fingerprint density at radius 3 is 2.57 bits per heavy atom. The number of hydrogen-bond acceptors (Lipinski definition) is 6. The molecule has 3 aliphatic rings. The Bertz CT molecular complexity index is 433. The SMILES string of the molecule is COCO[C@H]1CC[C@]2(C)[C@H](CCCC23OCCO3)[C@H]1C(=O)OC. The second-order valence-corrected chi connectivity index (χ2v) is 7.07. The van der Waals surface area contributed by atoms with Crippen LogP contribution in [0.2, 0.25) is 0 Å². The highest BCUT2D eigenvalue weighted by molar-refractivity contribution is 5.73. The molecule has 3 rings (SSSR count). The Morgan fingerprint density at radius 1 is 1.17 bits per heavy atom. The van der Waals surface area contributed by atoms with E-state index in [-0.39, 0.29) is 36.1 Å². The number of ether oxygens (including phenoxy) is 5. The molecule has 1 saturated heterocycles. The molecule has 6 heteroatoms. The number of esters is 1. The van der Waals surface area contributed by atoms with Crippen molar-refractivity contribution < 1.29 is 28.5 Å². The summed E-state index contributed by atoms with van der Waals surface area (Å²) in [5, 5.41) is 0. The van der Waals surface area contributed by atoms with Gasteiger partial charge in [-0.1, -0.05) is 6.92 Å². The minimum atomic E-state index is -0.547. The van der Waals surface area contributed by atoms with E-state index >= 15 is 0 Å². The van der Waals surface area contributed by atoms with Crippen molar-refractivity contribution in [3.63, 3.8) is 0 Å². The zero-order valence-electron chi connectivity index (χ0n) is 14.3. The molecule has 1 heterocycles. The minimum absolute atomic E-state index is 0.136. The molecule has 0 aromatic carbocycles. The molecule has 0 radical (unpaired) electrons. The second-order valence-electron chi connectivity index (χ2n) is 7.07. The van der Waals surface area contributed by atoms with Crippen molar-refractivity contribution in [1.29, 1.82) is 0 Å². The van der Waals surface area contributed by atoms with Gasteiger partial charge in [0.15, 0.2) is 5.79 Å². The van der Waals surface area contributed by atoms with E-state index in [0.717, 1.165) is 32.1 Å². The lowest BCUT2D eigenvalue weighted by molar-refractivity contribution is -0.292. The maximum absolute atomic E-state index is 12.5. The Hall–Kier alpha value is -0.690. The van der Waals surface area contributed by atoms with Crippen LogP contribution >= 0.6 is 0 Å². The van der Waals surface area contributed by atoms with Gasteiger partial charge in [-0.3, -0.25) is 4.79 Å². The average molecular weight is 328 g/mol. The maximum Gasteiger partial charge on any atom is 0.311 e. The Labute approximate surface area is 137 Å². The Balaban J connectivity index is 1.90. The molecule has 0 aromatic heterocycles. The van der Waals surface area contributed by atoms with Crippen LogP contribution in [0.3, 0.4) is 0 Å². The van der Waals surface area contributed by atoms with Gasteiger partial charge in [-0.05, 0) is 31.6 Å². The number of methoxy groups -OCH3 is 2. The van der Waals surface area contributed by atoms with Gasteiger partial charge in [0.1, 0.15) is 6.79 Å². The van der Waals surface area contributed by atoms with Crippen molar-refractivity contribution in [3.05, 3.63) is 0 Å². The van der Waals surface area contributed by atoms with Crippen molar-refractivity contribution >= 4 is 5.97 Å². The lowest BCUT2D eigenvalue weighted by atomic mass is 9.53. The molecular formula is C17H28O6. The number of rotatable bonds is 4. The first-order valence-electron chi connectivity index (χ1n) is 8.54. The standard InChI is InChI=1S/C17H28O6/c1-16-8-6-13(21-11-19-2)14(15(18)20-3)12(16)5-4-7-17(16)22-9-10-23-17/h12-14H,4-11H2,1-3H3/t12-,13+,14-,16-/m1/s1. The van der Waals surface area contributed by atoms with Crippen molar-refractivity contribution in [3.8, 4) is 0 Å². The molecule has 0 unspecified atom stereocenters. The molecule has 23 heavy (non-hydrogen) atoms. The molecule has 1 aliphatic heterocycles. The number of carbonyl (C=O) groups excluding carboxylic acids is 1. The predicted octanol–water partition coefficient (Wildman–Crippen LogP) is 2.11. The summed E-state index contributed by atoms with van der Waals surface area (Å²) >= 11 is 0. The molecule has 0 aromatic rings. The third-order valence-corrected chi connectivity index (χ3v) is 6.12. The fourth-order valence-corrected chi connectivity index (χ4v) is 5.00. The van der Waals surface area contributed by atoms with Crippen LogP contribution in [0.4, 0.5) is 0 Å². The third kappa shape index (κ3) is 2.69. The summed E-state index contributed by atoms with van der Waals surface area (Å²) in [7, 11) is 3.04. The van der Waals surface area contributed by atoms with E-state index in [4.69, 9.17) is 23.7 Å². The van der Waals surface area contributed by atoms with Crippen LogP contribution in [0.15, 0.2) is 0 Å². The fraction of sp³-hybridized carbons (Fsp3) is 0.941.